The first-order valence-corrected chi connectivity index (χ1v) is 9.47. The molecule has 1 heterocycles. The predicted octanol–water partition coefficient (Wildman–Crippen LogP) is 3.24. The number of ether oxygens (including phenoxy) is 1. The Morgan fingerprint density at radius 3 is 2.50 bits per heavy atom. The summed E-state index contributed by atoms with van der Waals surface area (Å²) in [5.74, 6) is -2.47. The van der Waals surface area contributed by atoms with Gasteiger partial charge in [-0.25, -0.2) is 0 Å². The minimum atomic E-state index is -1.25. The van der Waals surface area contributed by atoms with Crippen molar-refractivity contribution in [3.05, 3.63) is 53.1 Å². The number of amides is 1. The molecule has 9 heteroatoms. The summed E-state index contributed by atoms with van der Waals surface area (Å²) in [5.41, 5.74) is 1.01. The van der Waals surface area contributed by atoms with Gasteiger partial charge in [-0.2, -0.15) is 0 Å². The van der Waals surface area contributed by atoms with Gasteiger partial charge < -0.3 is 14.9 Å². The summed E-state index contributed by atoms with van der Waals surface area (Å²) in [6, 6.07) is 10.9. The number of hydrogen-bond donors (Lipinski definition) is 2. The second-order valence-electron chi connectivity index (χ2n) is 6.09. The van der Waals surface area contributed by atoms with Gasteiger partial charge in [-0.05, 0) is 35.9 Å². The second-order valence-corrected chi connectivity index (χ2v) is 7.71. The Hall–Kier alpha value is -2.71. The number of carbonyl (C=O) groups excluding carboxylic acids is 2. The Morgan fingerprint density at radius 1 is 1.21 bits per heavy atom. The van der Waals surface area contributed by atoms with E-state index >= 15 is 0 Å². The van der Waals surface area contributed by atoms with Crippen molar-refractivity contribution in [3.8, 4) is 5.75 Å². The summed E-state index contributed by atoms with van der Waals surface area (Å²) in [6.45, 7) is 0.594. The molecule has 1 amide bonds. The SMILES string of the molecule is CC(=O)OC1C(=O)N(CC(=O)O)c2ccc(Cl)cc2SC1c1ccc(O)cc1. The molecule has 2 aromatic rings. The number of rotatable bonds is 4. The fourth-order valence-electron chi connectivity index (χ4n) is 2.90. The van der Waals surface area contributed by atoms with Gasteiger partial charge in [-0.1, -0.05) is 23.7 Å². The molecule has 146 valence electrons. The normalized spacial score (nSPS) is 18.9. The molecule has 2 unspecified atom stereocenters. The summed E-state index contributed by atoms with van der Waals surface area (Å²) in [4.78, 5) is 37.9. The van der Waals surface area contributed by atoms with Crippen LogP contribution in [0.25, 0.3) is 0 Å². The monoisotopic (exact) mass is 421 g/mol. The lowest BCUT2D eigenvalue weighted by Crippen LogP contribution is -2.44. The van der Waals surface area contributed by atoms with E-state index in [1.807, 2.05) is 0 Å². The molecule has 2 atom stereocenters. The zero-order chi connectivity index (χ0) is 20.4. The maximum atomic E-state index is 13.2. The number of anilines is 1. The maximum absolute atomic E-state index is 13.2. The molecule has 0 aliphatic carbocycles. The van der Waals surface area contributed by atoms with E-state index in [1.54, 1.807) is 30.3 Å². The van der Waals surface area contributed by atoms with Gasteiger partial charge in [-0.15, -0.1) is 11.8 Å². The Balaban J connectivity index is 2.15. The highest BCUT2D eigenvalue weighted by atomic mass is 35.5. The van der Waals surface area contributed by atoms with Crippen molar-refractivity contribution >= 4 is 46.9 Å². The molecule has 28 heavy (non-hydrogen) atoms. The molecular formula is C19H16ClNO6S. The van der Waals surface area contributed by atoms with E-state index in [0.717, 1.165) is 4.90 Å². The van der Waals surface area contributed by atoms with E-state index in [-0.39, 0.29) is 5.75 Å². The van der Waals surface area contributed by atoms with Gasteiger partial charge >= 0.3 is 11.9 Å². The summed E-state index contributed by atoms with van der Waals surface area (Å²) in [7, 11) is 0. The van der Waals surface area contributed by atoms with Gasteiger partial charge in [0.2, 0.25) is 0 Å². The third-order valence-corrected chi connectivity index (χ3v) is 5.65. The molecular weight excluding hydrogens is 406 g/mol. The van der Waals surface area contributed by atoms with E-state index in [2.05, 4.69) is 0 Å². The molecule has 0 fully saturated rings. The molecule has 0 radical (unpaired) electrons. The highest BCUT2D eigenvalue weighted by Crippen LogP contribution is 2.47. The van der Waals surface area contributed by atoms with E-state index in [1.165, 1.54) is 30.8 Å². The van der Waals surface area contributed by atoms with Crippen molar-refractivity contribution in [2.24, 2.45) is 0 Å². The van der Waals surface area contributed by atoms with Crippen molar-refractivity contribution in [2.45, 2.75) is 23.2 Å². The number of benzene rings is 2. The van der Waals surface area contributed by atoms with Crippen molar-refractivity contribution in [1.29, 1.82) is 0 Å². The van der Waals surface area contributed by atoms with Crippen LogP contribution in [0.15, 0.2) is 47.4 Å². The summed E-state index contributed by atoms with van der Waals surface area (Å²) < 4.78 is 5.31. The van der Waals surface area contributed by atoms with E-state index in [9.17, 15) is 24.6 Å². The predicted molar refractivity (Wildman–Crippen MR) is 104 cm³/mol. The first-order chi connectivity index (χ1) is 13.3. The Kier molecular flexibility index (Phi) is 5.81. The highest BCUT2D eigenvalue weighted by molar-refractivity contribution is 7.99. The lowest BCUT2D eigenvalue weighted by Gasteiger charge is -2.26. The maximum Gasteiger partial charge on any atom is 0.323 e. The number of nitrogens with zero attached hydrogens (tertiary/aromatic N) is 1. The first kappa shape index (κ1) is 20.0. The third kappa shape index (κ3) is 4.23. The minimum Gasteiger partial charge on any atom is -0.508 e. The second kappa shape index (κ2) is 8.12. The van der Waals surface area contributed by atoms with E-state index in [0.29, 0.717) is 21.2 Å². The Labute approximate surface area is 169 Å². The molecule has 2 N–H and O–H groups in total. The van der Waals surface area contributed by atoms with Crippen LogP contribution in [0.4, 0.5) is 5.69 Å². The lowest BCUT2D eigenvalue weighted by atomic mass is 10.1. The Bertz CT molecular complexity index is 933. The first-order valence-electron chi connectivity index (χ1n) is 8.22. The number of thioether (sulfide) groups is 1. The van der Waals surface area contributed by atoms with Crippen LogP contribution in [0.3, 0.4) is 0 Å². The molecule has 1 aliphatic heterocycles. The number of carboxylic acid groups (broad SMARTS) is 1. The van der Waals surface area contributed by atoms with Crippen molar-refractivity contribution in [1.82, 2.24) is 0 Å². The van der Waals surface area contributed by atoms with Crippen LogP contribution in [0.1, 0.15) is 17.7 Å². The van der Waals surface area contributed by atoms with Crippen LogP contribution < -0.4 is 4.90 Å². The molecule has 3 rings (SSSR count). The number of halogens is 1. The number of hydrogen-bond acceptors (Lipinski definition) is 6. The standard InChI is InChI=1S/C19H16ClNO6S/c1-10(22)27-17-18(11-2-5-13(23)6-3-11)28-15-8-12(20)4-7-14(15)21(19(17)26)9-16(24)25/h2-8,17-18,23H,9H2,1H3,(H,24,25). The van der Waals surface area contributed by atoms with Crippen LogP contribution in [-0.2, 0) is 19.1 Å². The zero-order valence-corrected chi connectivity index (χ0v) is 16.2. The number of carbonyl (C=O) groups is 3. The van der Waals surface area contributed by atoms with E-state index in [4.69, 9.17) is 16.3 Å². The number of aromatic hydroxyl groups is 1. The molecule has 2 aromatic carbocycles. The van der Waals surface area contributed by atoms with Crippen LogP contribution in [0.2, 0.25) is 5.02 Å². The average molecular weight is 422 g/mol. The topological polar surface area (TPSA) is 104 Å². The van der Waals surface area contributed by atoms with E-state index < -0.39 is 35.7 Å². The highest BCUT2D eigenvalue weighted by Gasteiger charge is 2.41. The zero-order valence-electron chi connectivity index (χ0n) is 14.7. The summed E-state index contributed by atoms with van der Waals surface area (Å²) in [5, 5.41) is 18.6. The lowest BCUT2D eigenvalue weighted by molar-refractivity contribution is -0.153. The Morgan fingerprint density at radius 2 is 1.89 bits per heavy atom. The van der Waals surface area contributed by atoms with Gasteiger partial charge in [-0.3, -0.25) is 19.3 Å². The van der Waals surface area contributed by atoms with Gasteiger partial charge in [0.15, 0.2) is 6.10 Å². The van der Waals surface area contributed by atoms with Gasteiger partial charge in [0.1, 0.15) is 12.3 Å². The number of phenols is 1. The third-order valence-electron chi connectivity index (χ3n) is 4.06. The average Bonchev–Trinajstić information content (AvgIpc) is 2.72. The summed E-state index contributed by atoms with van der Waals surface area (Å²) in [6.07, 6.45) is -1.25. The number of fused-ring (bicyclic) bond motifs is 1. The van der Waals surface area contributed by atoms with Gasteiger partial charge in [0, 0.05) is 16.8 Å². The van der Waals surface area contributed by atoms with Crippen LogP contribution in [-0.4, -0.2) is 40.7 Å². The molecule has 1 aliphatic rings. The summed E-state index contributed by atoms with van der Waals surface area (Å²) >= 11 is 7.34. The smallest absolute Gasteiger partial charge is 0.323 e. The molecule has 0 aromatic heterocycles. The van der Waals surface area contributed by atoms with Crippen molar-refractivity contribution in [2.75, 3.05) is 11.4 Å². The van der Waals surface area contributed by atoms with Crippen LogP contribution in [0.5, 0.6) is 5.75 Å². The fraction of sp³-hybridized carbons (Fsp3) is 0.211. The number of phenolic OH excluding ortho intramolecular Hbond substituents is 1. The quantitative estimate of drug-likeness (QED) is 0.730. The number of carboxylic acids is 1. The minimum absolute atomic E-state index is 0.0497. The van der Waals surface area contributed by atoms with Crippen LogP contribution >= 0.6 is 23.4 Å². The number of aliphatic carboxylic acids is 1. The fourth-order valence-corrected chi connectivity index (χ4v) is 4.50. The number of esters is 1. The molecule has 0 spiro atoms. The molecule has 0 bridgehead atoms. The van der Waals surface area contributed by atoms with Crippen molar-refractivity contribution in [3.63, 3.8) is 0 Å². The molecule has 7 nitrogen and oxygen atoms in total. The van der Waals surface area contributed by atoms with Crippen molar-refractivity contribution < 1.29 is 29.3 Å². The van der Waals surface area contributed by atoms with Gasteiger partial charge in [0.05, 0.1) is 10.9 Å². The van der Waals surface area contributed by atoms with Crippen LogP contribution in [0, 0.1) is 0 Å². The van der Waals surface area contributed by atoms with Gasteiger partial charge in [0.25, 0.3) is 5.91 Å². The molecule has 0 saturated carbocycles. The molecule has 0 saturated heterocycles. The largest absolute Gasteiger partial charge is 0.508 e.